The predicted molar refractivity (Wildman–Crippen MR) is 103 cm³/mol. The predicted octanol–water partition coefficient (Wildman–Crippen LogP) is 3.80. The Morgan fingerprint density at radius 2 is 2.00 bits per heavy atom. The van der Waals surface area contributed by atoms with Crippen molar-refractivity contribution in [1.82, 2.24) is 14.7 Å². The molecule has 156 valence electrons. The molecule has 1 amide bonds. The van der Waals surface area contributed by atoms with Gasteiger partial charge in [0.2, 0.25) is 5.91 Å². The molecule has 1 aromatic heterocycles. The van der Waals surface area contributed by atoms with Gasteiger partial charge in [-0.2, -0.15) is 5.10 Å². The summed E-state index contributed by atoms with van der Waals surface area (Å²) in [7, 11) is 0. The molecule has 0 radical (unpaired) electrons. The van der Waals surface area contributed by atoms with E-state index >= 15 is 0 Å². The number of likely N-dealkylation sites (tertiary alicyclic amines) is 1. The second-order valence-electron chi connectivity index (χ2n) is 7.99. The highest BCUT2D eigenvalue weighted by Crippen LogP contribution is 2.37. The minimum atomic E-state index is -2.47. The van der Waals surface area contributed by atoms with Crippen molar-refractivity contribution in [3.05, 3.63) is 47.4 Å². The van der Waals surface area contributed by atoms with Crippen molar-refractivity contribution < 1.29 is 18.0 Å². The summed E-state index contributed by atoms with van der Waals surface area (Å²) < 4.78 is 42.4. The number of anilines is 1. The number of amides is 1. The molecule has 2 aromatic rings. The van der Waals surface area contributed by atoms with Crippen LogP contribution in [0.5, 0.6) is 0 Å². The zero-order valence-corrected chi connectivity index (χ0v) is 16.3. The summed E-state index contributed by atoms with van der Waals surface area (Å²) in [5.74, 6) is 0.385. The van der Waals surface area contributed by atoms with Gasteiger partial charge in [0.05, 0.1) is 12.1 Å². The Morgan fingerprint density at radius 1 is 1.28 bits per heavy atom. The number of rotatable bonds is 4. The van der Waals surface area contributed by atoms with Gasteiger partial charge in [-0.05, 0) is 43.7 Å². The van der Waals surface area contributed by atoms with Crippen molar-refractivity contribution in [1.29, 1.82) is 0 Å². The number of hydrogen-bond acceptors (Lipinski definition) is 3. The van der Waals surface area contributed by atoms with E-state index in [1.807, 2.05) is 0 Å². The molecule has 4 rings (SSSR count). The van der Waals surface area contributed by atoms with Crippen LogP contribution >= 0.6 is 0 Å². The fraction of sp³-hybridized carbons (Fsp3) is 0.524. The molecule has 29 heavy (non-hydrogen) atoms. The van der Waals surface area contributed by atoms with E-state index in [0.717, 1.165) is 12.8 Å². The van der Waals surface area contributed by atoms with Gasteiger partial charge in [0.25, 0.3) is 6.43 Å². The Labute approximate surface area is 167 Å². The molecule has 1 saturated heterocycles. The number of carbonyl (C=O) groups is 1. The highest BCUT2D eigenvalue weighted by atomic mass is 19.3. The molecule has 3 heterocycles. The minimum absolute atomic E-state index is 0.0466. The van der Waals surface area contributed by atoms with Gasteiger partial charge in [0.1, 0.15) is 17.7 Å². The van der Waals surface area contributed by atoms with Gasteiger partial charge in [-0.1, -0.05) is 18.2 Å². The summed E-state index contributed by atoms with van der Waals surface area (Å²) in [5.41, 5.74) is 1.12. The summed E-state index contributed by atoms with van der Waals surface area (Å²) in [6.45, 7) is 2.92. The standard InChI is InChI=1S/C21H25F3N4O/c1-13-10-19-25-17(12-18(21(23)24)28(19)26-13)14-6-8-27(9-7-14)20(29)11-15-4-2-3-5-16(15)22/h2-5,10,14,17-18,21,25H,6-9,11-12H2,1H3/t17-,18+/m0/s1. The van der Waals surface area contributed by atoms with Crippen LogP contribution in [0.1, 0.15) is 36.6 Å². The van der Waals surface area contributed by atoms with Crippen LogP contribution in [0.3, 0.4) is 0 Å². The third-order valence-corrected chi connectivity index (χ3v) is 6.05. The summed E-state index contributed by atoms with van der Waals surface area (Å²) in [4.78, 5) is 14.3. The van der Waals surface area contributed by atoms with E-state index < -0.39 is 12.5 Å². The lowest BCUT2D eigenvalue weighted by molar-refractivity contribution is -0.132. The average molecular weight is 406 g/mol. The number of aromatic nitrogens is 2. The molecule has 8 heteroatoms. The molecule has 2 aliphatic rings. The maximum absolute atomic E-state index is 13.8. The van der Waals surface area contributed by atoms with Crippen molar-refractivity contribution in [2.75, 3.05) is 18.4 Å². The first-order valence-corrected chi connectivity index (χ1v) is 10.0. The number of hydrogen-bond donors (Lipinski definition) is 1. The van der Waals surface area contributed by atoms with Crippen LogP contribution in [0, 0.1) is 18.7 Å². The second kappa shape index (κ2) is 8.08. The first kappa shape index (κ1) is 19.8. The Morgan fingerprint density at radius 3 is 2.69 bits per heavy atom. The monoisotopic (exact) mass is 406 g/mol. The number of fused-ring (bicyclic) bond motifs is 1. The Hall–Kier alpha value is -2.51. The number of carbonyl (C=O) groups excluding carboxylic acids is 1. The summed E-state index contributed by atoms with van der Waals surface area (Å²) in [6.07, 6.45) is -0.627. The summed E-state index contributed by atoms with van der Waals surface area (Å²) in [6, 6.07) is 7.11. The van der Waals surface area contributed by atoms with Crippen molar-refractivity contribution in [2.45, 2.75) is 51.1 Å². The van der Waals surface area contributed by atoms with Crippen molar-refractivity contribution in [3.8, 4) is 0 Å². The quantitative estimate of drug-likeness (QED) is 0.840. The van der Waals surface area contributed by atoms with Crippen molar-refractivity contribution in [3.63, 3.8) is 0 Å². The number of alkyl halides is 2. The molecule has 0 aliphatic carbocycles. The molecule has 1 fully saturated rings. The first-order valence-electron chi connectivity index (χ1n) is 10.0. The lowest BCUT2D eigenvalue weighted by Crippen LogP contribution is -2.46. The third-order valence-electron chi connectivity index (χ3n) is 6.05. The smallest absolute Gasteiger partial charge is 0.260 e. The van der Waals surface area contributed by atoms with Crippen LogP contribution in [0.15, 0.2) is 30.3 Å². The summed E-state index contributed by atoms with van der Waals surface area (Å²) in [5, 5.41) is 7.58. The number of aryl methyl sites for hydroxylation is 1. The Kier molecular flexibility index (Phi) is 5.52. The van der Waals surface area contributed by atoms with Crippen LogP contribution < -0.4 is 5.32 Å². The average Bonchev–Trinajstić information content (AvgIpc) is 3.09. The maximum Gasteiger partial charge on any atom is 0.260 e. The molecule has 0 saturated carbocycles. The molecule has 1 N–H and O–H groups in total. The fourth-order valence-electron chi connectivity index (χ4n) is 4.47. The lowest BCUT2D eigenvalue weighted by atomic mass is 9.85. The Balaban J connectivity index is 1.37. The van der Waals surface area contributed by atoms with Gasteiger partial charge in [0, 0.05) is 25.2 Å². The molecular weight excluding hydrogens is 381 g/mol. The van der Waals surface area contributed by atoms with E-state index in [0.29, 0.717) is 36.6 Å². The van der Waals surface area contributed by atoms with Gasteiger partial charge < -0.3 is 10.2 Å². The molecule has 2 atom stereocenters. The first-order chi connectivity index (χ1) is 13.9. The second-order valence-corrected chi connectivity index (χ2v) is 7.99. The van der Waals surface area contributed by atoms with E-state index in [2.05, 4.69) is 10.4 Å². The van der Waals surface area contributed by atoms with E-state index in [-0.39, 0.29) is 30.1 Å². The molecular formula is C21H25F3N4O. The Bertz CT molecular complexity index is 877. The minimum Gasteiger partial charge on any atom is -0.367 e. The van der Waals surface area contributed by atoms with Crippen LogP contribution in [-0.2, 0) is 11.2 Å². The van der Waals surface area contributed by atoms with Crippen LogP contribution in [0.2, 0.25) is 0 Å². The van der Waals surface area contributed by atoms with Crippen LogP contribution in [0.25, 0.3) is 0 Å². The highest BCUT2D eigenvalue weighted by molar-refractivity contribution is 5.78. The molecule has 2 aliphatic heterocycles. The molecule has 1 aromatic carbocycles. The van der Waals surface area contributed by atoms with Gasteiger partial charge in [-0.15, -0.1) is 0 Å². The molecule has 0 spiro atoms. The van der Waals surface area contributed by atoms with E-state index in [9.17, 15) is 18.0 Å². The normalized spacial score (nSPS) is 22.4. The largest absolute Gasteiger partial charge is 0.367 e. The van der Waals surface area contributed by atoms with Gasteiger partial charge in [0.15, 0.2) is 0 Å². The number of benzene rings is 1. The van der Waals surface area contributed by atoms with E-state index in [4.69, 9.17) is 0 Å². The van der Waals surface area contributed by atoms with Gasteiger partial charge in [-0.25, -0.2) is 17.9 Å². The zero-order valence-electron chi connectivity index (χ0n) is 16.3. The molecule has 5 nitrogen and oxygen atoms in total. The number of halogens is 3. The SMILES string of the molecule is Cc1cc2n(n1)[C@@H](C(F)F)C[C@@H](C1CCN(C(=O)Cc3ccccc3F)CC1)N2. The van der Waals surface area contributed by atoms with Crippen molar-refractivity contribution >= 4 is 11.7 Å². The lowest BCUT2D eigenvalue weighted by Gasteiger charge is -2.40. The third kappa shape index (κ3) is 4.11. The van der Waals surface area contributed by atoms with Gasteiger partial charge >= 0.3 is 0 Å². The summed E-state index contributed by atoms with van der Waals surface area (Å²) >= 11 is 0. The number of nitrogens with zero attached hydrogens (tertiary/aromatic N) is 3. The molecule has 0 unspecified atom stereocenters. The maximum atomic E-state index is 13.8. The number of nitrogens with one attached hydrogen (secondary N) is 1. The molecule has 0 bridgehead atoms. The van der Waals surface area contributed by atoms with Crippen LogP contribution in [-0.4, -0.2) is 46.1 Å². The van der Waals surface area contributed by atoms with E-state index in [1.165, 1.54) is 10.7 Å². The number of piperidine rings is 1. The highest BCUT2D eigenvalue weighted by Gasteiger charge is 2.38. The fourth-order valence-corrected chi connectivity index (χ4v) is 4.47. The van der Waals surface area contributed by atoms with Crippen molar-refractivity contribution in [2.24, 2.45) is 5.92 Å². The van der Waals surface area contributed by atoms with Crippen LogP contribution in [0.4, 0.5) is 19.0 Å². The topological polar surface area (TPSA) is 50.2 Å². The van der Waals surface area contributed by atoms with E-state index in [1.54, 1.807) is 36.1 Å². The van der Waals surface area contributed by atoms with Gasteiger partial charge in [-0.3, -0.25) is 4.79 Å². The zero-order chi connectivity index (χ0) is 20.5.